The molecular formula is C27H25FN4O5S. The Morgan fingerprint density at radius 1 is 0.974 bits per heavy atom. The summed E-state index contributed by atoms with van der Waals surface area (Å²) in [6.07, 6.45) is 0. The molecule has 2 aromatic carbocycles. The summed E-state index contributed by atoms with van der Waals surface area (Å²) in [4.78, 5) is 21.3. The number of nitrogens with one attached hydrogen (secondary N) is 1. The number of ether oxygens (including phenoxy) is 2. The van der Waals surface area contributed by atoms with E-state index in [-0.39, 0.29) is 28.9 Å². The van der Waals surface area contributed by atoms with Crippen LogP contribution in [0.15, 0.2) is 83.9 Å². The standard InChI is InChI=1S/C27H25FN4O5S/c1-17(2)16-36-21-14-18(13-19(28)15-21)23-12-11-22(27(30-23)37-20-7-4-3-5-8-20)26(33)32-38(34,35)25-10-6-9-24(29)31-25/h3-15,17H,16H2,1-2H3,(H2,29,31)(H,32,33). The van der Waals surface area contributed by atoms with Gasteiger partial charge in [0.2, 0.25) is 5.88 Å². The number of nitrogens with zero attached hydrogens (tertiary/aromatic N) is 2. The SMILES string of the molecule is CC(C)COc1cc(F)cc(-c2ccc(C(=O)NS(=O)(=O)c3cccc(N)n3)c(Oc3ccccc3)n2)c1. The fourth-order valence-corrected chi connectivity index (χ4v) is 4.26. The molecule has 2 aromatic heterocycles. The summed E-state index contributed by atoms with van der Waals surface area (Å²) in [5, 5.41) is -0.422. The molecule has 0 unspecified atom stereocenters. The number of anilines is 1. The summed E-state index contributed by atoms with van der Waals surface area (Å²) < 4.78 is 53.3. The Labute approximate surface area is 219 Å². The number of hydrogen-bond donors (Lipinski definition) is 2. The van der Waals surface area contributed by atoms with Crippen molar-refractivity contribution in [2.24, 2.45) is 5.92 Å². The van der Waals surface area contributed by atoms with Crippen LogP contribution in [-0.4, -0.2) is 30.9 Å². The van der Waals surface area contributed by atoms with Gasteiger partial charge in [-0.05, 0) is 54.4 Å². The normalized spacial score (nSPS) is 11.3. The minimum absolute atomic E-state index is 0.0220. The molecule has 2 heterocycles. The average Bonchev–Trinajstić information content (AvgIpc) is 2.87. The number of sulfonamides is 1. The number of rotatable bonds is 9. The minimum Gasteiger partial charge on any atom is -0.493 e. The number of hydrogen-bond acceptors (Lipinski definition) is 8. The van der Waals surface area contributed by atoms with Gasteiger partial charge in [-0.3, -0.25) is 4.79 Å². The fraction of sp³-hybridized carbons (Fsp3) is 0.148. The predicted molar refractivity (Wildman–Crippen MR) is 140 cm³/mol. The number of carbonyl (C=O) groups is 1. The lowest BCUT2D eigenvalue weighted by atomic mass is 10.1. The van der Waals surface area contributed by atoms with Gasteiger partial charge in [-0.25, -0.2) is 19.1 Å². The zero-order valence-electron chi connectivity index (χ0n) is 20.6. The van der Waals surface area contributed by atoms with Crippen molar-refractivity contribution >= 4 is 21.7 Å². The third kappa shape index (κ3) is 6.62. The largest absolute Gasteiger partial charge is 0.493 e. The van der Waals surface area contributed by atoms with Crippen LogP contribution in [0.5, 0.6) is 17.4 Å². The van der Waals surface area contributed by atoms with Crippen molar-refractivity contribution in [1.82, 2.24) is 14.7 Å². The first kappa shape index (κ1) is 26.6. The number of benzene rings is 2. The first-order valence-corrected chi connectivity index (χ1v) is 13.1. The molecule has 196 valence electrons. The smallest absolute Gasteiger partial charge is 0.281 e. The van der Waals surface area contributed by atoms with Gasteiger partial charge in [-0.15, -0.1) is 0 Å². The highest BCUT2D eigenvalue weighted by molar-refractivity contribution is 7.90. The number of halogens is 1. The van der Waals surface area contributed by atoms with E-state index in [9.17, 15) is 17.6 Å². The van der Waals surface area contributed by atoms with E-state index < -0.39 is 26.8 Å². The molecule has 0 saturated heterocycles. The molecule has 9 nitrogen and oxygen atoms in total. The number of amides is 1. The number of nitrogens with two attached hydrogens (primary N) is 1. The Hall–Kier alpha value is -4.51. The summed E-state index contributed by atoms with van der Waals surface area (Å²) >= 11 is 0. The van der Waals surface area contributed by atoms with Crippen molar-refractivity contribution in [1.29, 1.82) is 0 Å². The van der Waals surface area contributed by atoms with E-state index in [2.05, 4.69) is 9.97 Å². The Morgan fingerprint density at radius 2 is 1.74 bits per heavy atom. The van der Waals surface area contributed by atoms with Gasteiger partial charge in [0.1, 0.15) is 28.7 Å². The van der Waals surface area contributed by atoms with Crippen LogP contribution in [0, 0.1) is 11.7 Å². The molecule has 38 heavy (non-hydrogen) atoms. The van der Waals surface area contributed by atoms with Crippen LogP contribution >= 0.6 is 0 Å². The highest BCUT2D eigenvalue weighted by Gasteiger charge is 2.24. The van der Waals surface area contributed by atoms with E-state index in [4.69, 9.17) is 15.2 Å². The van der Waals surface area contributed by atoms with Crippen LogP contribution in [0.2, 0.25) is 0 Å². The number of para-hydroxylation sites is 1. The molecule has 4 aromatic rings. The van der Waals surface area contributed by atoms with E-state index >= 15 is 0 Å². The van der Waals surface area contributed by atoms with Crippen LogP contribution in [-0.2, 0) is 10.0 Å². The molecule has 0 bridgehead atoms. The predicted octanol–water partition coefficient (Wildman–Crippen LogP) is 4.81. The van der Waals surface area contributed by atoms with E-state index in [1.807, 2.05) is 18.6 Å². The molecule has 0 spiro atoms. The molecule has 0 aliphatic carbocycles. The van der Waals surface area contributed by atoms with E-state index in [0.29, 0.717) is 23.7 Å². The van der Waals surface area contributed by atoms with Crippen LogP contribution in [0.1, 0.15) is 24.2 Å². The molecule has 0 radical (unpaired) electrons. The second-order valence-electron chi connectivity index (χ2n) is 8.68. The van der Waals surface area contributed by atoms with Crippen LogP contribution in [0.4, 0.5) is 10.2 Å². The first-order chi connectivity index (χ1) is 18.1. The Kier molecular flexibility index (Phi) is 7.87. The monoisotopic (exact) mass is 536 g/mol. The third-order valence-electron chi connectivity index (χ3n) is 5.06. The van der Waals surface area contributed by atoms with Crippen LogP contribution in [0.25, 0.3) is 11.3 Å². The first-order valence-electron chi connectivity index (χ1n) is 11.6. The second kappa shape index (κ2) is 11.3. The maximum Gasteiger partial charge on any atom is 0.281 e. The van der Waals surface area contributed by atoms with Gasteiger partial charge in [0.15, 0.2) is 5.03 Å². The van der Waals surface area contributed by atoms with Crippen molar-refractivity contribution in [3.8, 4) is 28.6 Å². The van der Waals surface area contributed by atoms with Crippen molar-refractivity contribution in [3.05, 3.63) is 90.2 Å². The van der Waals surface area contributed by atoms with Crippen molar-refractivity contribution < 1.29 is 27.1 Å². The topological polar surface area (TPSA) is 134 Å². The highest BCUT2D eigenvalue weighted by Crippen LogP contribution is 2.30. The van der Waals surface area contributed by atoms with E-state index in [1.165, 1.54) is 42.5 Å². The zero-order valence-corrected chi connectivity index (χ0v) is 21.4. The molecule has 0 atom stereocenters. The van der Waals surface area contributed by atoms with Gasteiger partial charge in [0.25, 0.3) is 15.9 Å². The molecule has 0 aliphatic heterocycles. The molecular weight excluding hydrogens is 511 g/mol. The van der Waals surface area contributed by atoms with E-state index in [1.54, 1.807) is 36.4 Å². The summed E-state index contributed by atoms with van der Waals surface area (Å²) in [6, 6.07) is 19.5. The Bertz CT molecular complexity index is 1560. The lowest BCUT2D eigenvalue weighted by Gasteiger charge is -2.14. The van der Waals surface area contributed by atoms with E-state index in [0.717, 1.165) is 0 Å². The Morgan fingerprint density at radius 3 is 2.45 bits per heavy atom. The lowest BCUT2D eigenvalue weighted by molar-refractivity contribution is 0.0978. The molecule has 3 N–H and O–H groups in total. The Balaban J connectivity index is 1.71. The second-order valence-corrected chi connectivity index (χ2v) is 10.3. The highest BCUT2D eigenvalue weighted by atomic mass is 32.2. The fourth-order valence-electron chi connectivity index (χ4n) is 3.32. The molecule has 4 rings (SSSR count). The van der Waals surface area contributed by atoms with Crippen molar-refractivity contribution in [2.45, 2.75) is 18.9 Å². The number of nitrogen functional groups attached to an aromatic ring is 1. The van der Waals surface area contributed by atoms with Gasteiger partial charge >= 0.3 is 0 Å². The maximum atomic E-state index is 14.4. The van der Waals surface area contributed by atoms with Crippen LogP contribution in [0.3, 0.4) is 0 Å². The van der Waals surface area contributed by atoms with Gasteiger partial charge in [-0.1, -0.05) is 38.1 Å². The van der Waals surface area contributed by atoms with Gasteiger partial charge in [0.05, 0.1) is 12.3 Å². The maximum absolute atomic E-state index is 14.4. The number of carbonyl (C=O) groups excluding carboxylic acids is 1. The molecule has 1 amide bonds. The van der Waals surface area contributed by atoms with Crippen molar-refractivity contribution in [3.63, 3.8) is 0 Å². The quantitative estimate of drug-likeness (QED) is 0.311. The van der Waals surface area contributed by atoms with Gasteiger partial charge in [-0.2, -0.15) is 8.42 Å². The number of pyridine rings is 2. The van der Waals surface area contributed by atoms with Crippen molar-refractivity contribution in [2.75, 3.05) is 12.3 Å². The minimum atomic E-state index is -4.35. The average molecular weight is 537 g/mol. The van der Waals surface area contributed by atoms with Gasteiger partial charge < -0.3 is 15.2 Å². The third-order valence-corrected chi connectivity index (χ3v) is 6.29. The van der Waals surface area contributed by atoms with Crippen LogP contribution < -0.4 is 19.9 Å². The van der Waals surface area contributed by atoms with Gasteiger partial charge in [0, 0.05) is 11.6 Å². The summed E-state index contributed by atoms with van der Waals surface area (Å²) in [5.74, 6) is -0.824. The summed E-state index contributed by atoms with van der Waals surface area (Å²) in [5.41, 5.74) is 6.07. The summed E-state index contributed by atoms with van der Waals surface area (Å²) in [6.45, 7) is 4.34. The molecule has 0 fully saturated rings. The zero-order chi connectivity index (χ0) is 27.3. The molecule has 0 aliphatic rings. The lowest BCUT2D eigenvalue weighted by Crippen LogP contribution is -2.31. The summed E-state index contributed by atoms with van der Waals surface area (Å²) in [7, 11) is -4.35. The molecule has 0 saturated carbocycles. The molecule has 11 heteroatoms. The number of aromatic nitrogens is 2.